The fourth-order valence-corrected chi connectivity index (χ4v) is 4.29. The maximum Gasteiger partial charge on any atom is 0.266 e. The summed E-state index contributed by atoms with van der Waals surface area (Å²) < 4.78 is 0. The fourth-order valence-electron chi connectivity index (χ4n) is 4.12. The Hall–Kier alpha value is -2.37. The largest absolute Gasteiger partial charge is 0.273 e. The van der Waals surface area contributed by atoms with Crippen LogP contribution in [0, 0.1) is 18.8 Å². The van der Waals surface area contributed by atoms with Gasteiger partial charge in [-0.15, -0.1) is 0 Å². The highest BCUT2D eigenvalue weighted by Crippen LogP contribution is 2.43. The third-order valence-corrected chi connectivity index (χ3v) is 5.85. The van der Waals surface area contributed by atoms with Crippen molar-refractivity contribution in [3.8, 4) is 0 Å². The Balaban J connectivity index is 1.72. The normalized spacial score (nSPS) is 24.4. The van der Waals surface area contributed by atoms with E-state index in [4.69, 9.17) is 16.4 Å². The molecule has 146 valence electrons. The van der Waals surface area contributed by atoms with Gasteiger partial charge < -0.3 is 0 Å². The van der Waals surface area contributed by atoms with E-state index in [1.807, 2.05) is 37.3 Å². The highest BCUT2D eigenvalue weighted by atomic mass is 35.5. The van der Waals surface area contributed by atoms with Gasteiger partial charge in [-0.05, 0) is 49.1 Å². The lowest BCUT2D eigenvalue weighted by molar-refractivity contribution is -0.126. The Morgan fingerprint density at radius 2 is 1.75 bits per heavy atom. The number of anilines is 2. The lowest BCUT2D eigenvalue weighted by atomic mass is 9.90. The molecule has 2 aliphatic rings. The number of carbonyl (C=O) groups excluding carboxylic acids is 2. The standard InChI is InChI=1S/C22H23ClN2O3/c1-13(2)12-18-19-20(28-25(18)15-8-5-4-6-9-15)22(27)24(21(19)26)17-11-7-10-16(23)14(17)3/h4-11,13,18-20H,12H2,1-3H3/t18-,19+,20+/m1/s1. The van der Waals surface area contributed by atoms with Crippen LogP contribution in [0.25, 0.3) is 0 Å². The molecule has 0 aromatic heterocycles. The van der Waals surface area contributed by atoms with Crippen LogP contribution in [0.2, 0.25) is 5.02 Å². The Bertz CT molecular complexity index is 915. The lowest BCUT2D eigenvalue weighted by Gasteiger charge is -2.29. The zero-order chi connectivity index (χ0) is 20.0. The first-order valence-corrected chi connectivity index (χ1v) is 9.92. The smallest absolute Gasteiger partial charge is 0.266 e. The van der Waals surface area contributed by atoms with E-state index < -0.39 is 12.0 Å². The summed E-state index contributed by atoms with van der Waals surface area (Å²) in [5.74, 6) is -0.728. The van der Waals surface area contributed by atoms with Crippen molar-refractivity contribution in [2.45, 2.75) is 39.3 Å². The second kappa shape index (κ2) is 7.22. The lowest BCUT2D eigenvalue weighted by Crippen LogP contribution is -2.41. The first-order chi connectivity index (χ1) is 13.4. The molecule has 2 heterocycles. The SMILES string of the molecule is Cc1c(Cl)cccc1N1C(=O)[C@@H]2[C@H](ON(c3ccccc3)[C@@H]2CC(C)C)C1=O. The Labute approximate surface area is 169 Å². The fraction of sp³-hybridized carbons (Fsp3) is 0.364. The minimum absolute atomic E-state index is 0.201. The summed E-state index contributed by atoms with van der Waals surface area (Å²) in [6.07, 6.45) is -0.0629. The molecule has 0 aliphatic carbocycles. The maximum absolute atomic E-state index is 13.4. The molecule has 2 aliphatic heterocycles. The number of hydrogen-bond acceptors (Lipinski definition) is 4. The van der Waals surface area contributed by atoms with Gasteiger partial charge in [0.25, 0.3) is 5.91 Å². The topological polar surface area (TPSA) is 49.9 Å². The molecule has 6 heteroatoms. The molecule has 4 rings (SSSR count). The van der Waals surface area contributed by atoms with E-state index in [-0.39, 0.29) is 17.9 Å². The van der Waals surface area contributed by atoms with Crippen molar-refractivity contribution in [2.75, 3.05) is 9.96 Å². The van der Waals surface area contributed by atoms with Crippen molar-refractivity contribution in [1.82, 2.24) is 0 Å². The summed E-state index contributed by atoms with van der Waals surface area (Å²) >= 11 is 6.22. The van der Waals surface area contributed by atoms with E-state index in [1.54, 1.807) is 23.3 Å². The molecule has 3 atom stereocenters. The van der Waals surface area contributed by atoms with Crippen LogP contribution in [0.4, 0.5) is 11.4 Å². The highest BCUT2D eigenvalue weighted by Gasteiger charge is 2.59. The number of hydrogen-bond donors (Lipinski definition) is 0. The second-order valence-electron chi connectivity index (χ2n) is 7.81. The van der Waals surface area contributed by atoms with Crippen LogP contribution in [-0.4, -0.2) is 24.0 Å². The van der Waals surface area contributed by atoms with Crippen molar-refractivity contribution in [2.24, 2.45) is 11.8 Å². The predicted octanol–water partition coefficient (Wildman–Crippen LogP) is 4.37. The first kappa shape index (κ1) is 19.0. The molecule has 2 fully saturated rings. The zero-order valence-electron chi connectivity index (χ0n) is 16.1. The summed E-state index contributed by atoms with van der Waals surface area (Å²) in [6.45, 7) is 6.03. The third-order valence-electron chi connectivity index (χ3n) is 5.44. The molecule has 0 bridgehead atoms. The van der Waals surface area contributed by atoms with E-state index in [0.29, 0.717) is 22.2 Å². The van der Waals surface area contributed by atoms with E-state index in [2.05, 4.69) is 13.8 Å². The second-order valence-corrected chi connectivity index (χ2v) is 8.21. The van der Waals surface area contributed by atoms with Crippen LogP contribution in [0.15, 0.2) is 48.5 Å². The summed E-state index contributed by atoms with van der Waals surface area (Å²) in [5, 5.41) is 2.29. The summed E-state index contributed by atoms with van der Waals surface area (Å²) in [5.41, 5.74) is 2.11. The Morgan fingerprint density at radius 1 is 1.04 bits per heavy atom. The minimum Gasteiger partial charge on any atom is -0.273 e. The minimum atomic E-state index is -0.810. The molecule has 5 nitrogen and oxygen atoms in total. The summed E-state index contributed by atoms with van der Waals surface area (Å²) in [7, 11) is 0. The quantitative estimate of drug-likeness (QED) is 0.717. The van der Waals surface area contributed by atoms with Gasteiger partial charge >= 0.3 is 0 Å². The maximum atomic E-state index is 13.4. The van der Waals surface area contributed by atoms with Gasteiger partial charge in [0.2, 0.25) is 5.91 Å². The van der Waals surface area contributed by atoms with Gasteiger partial charge in [-0.2, -0.15) is 0 Å². The van der Waals surface area contributed by atoms with Gasteiger partial charge in [0.05, 0.1) is 23.3 Å². The monoisotopic (exact) mass is 398 g/mol. The Morgan fingerprint density at radius 3 is 2.43 bits per heavy atom. The van der Waals surface area contributed by atoms with Gasteiger partial charge in [-0.25, -0.2) is 9.96 Å². The average Bonchev–Trinajstić information content (AvgIpc) is 3.15. The summed E-state index contributed by atoms with van der Waals surface area (Å²) in [4.78, 5) is 33.9. The van der Waals surface area contributed by atoms with Crippen LogP contribution in [0.1, 0.15) is 25.8 Å². The number of imide groups is 1. The zero-order valence-corrected chi connectivity index (χ0v) is 16.9. The van der Waals surface area contributed by atoms with E-state index in [9.17, 15) is 9.59 Å². The predicted molar refractivity (Wildman–Crippen MR) is 109 cm³/mol. The number of fused-ring (bicyclic) bond motifs is 1. The van der Waals surface area contributed by atoms with Crippen molar-refractivity contribution in [3.05, 3.63) is 59.1 Å². The molecular weight excluding hydrogens is 376 g/mol. The number of para-hydroxylation sites is 1. The molecule has 2 amide bonds. The van der Waals surface area contributed by atoms with E-state index >= 15 is 0 Å². The van der Waals surface area contributed by atoms with Crippen LogP contribution in [0.5, 0.6) is 0 Å². The number of carbonyl (C=O) groups is 2. The molecule has 0 saturated carbocycles. The number of halogens is 1. The molecule has 0 spiro atoms. The number of nitrogens with zero attached hydrogens (tertiary/aromatic N) is 2. The third kappa shape index (κ3) is 2.99. The number of rotatable bonds is 4. The molecule has 2 saturated heterocycles. The van der Waals surface area contributed by atoms with E-state index in [1.165, 1.54) is 4.90 Å². The number of benzene rings is 2. The first-order valence-electron chi connectivity index (χ1n) is 9.54. The van der Waals surface area contributed by atoms with Crippen molar-refractivity contribution >= 4 is 34.8 Å². The van der Waals surface area contributed by atoms with Crippen LogP contribution in [0.3, 0.4) is 0 Å². The van der Waals surface area contributed by atoms with Crippen molar-refractivity contribution < 1.29 is 14.4 Å². The molecule has 2 aromatic rings. The number of hydroxylamine groups is 1. The Kier molecular flexibility index (Phi) is 4.89. The van der Waals surface area contributed by atoms with Crippen LogP contribution in [-0.2, 0) is 14.4 Å². The van der Waals surface area contributed by atoms with Crippen LogP contribution >= 0.6 is 11.6 Å². The molecule has 0 radical (unpaired) electrons. The highest BCUT2D eigenvalue weighted by molar-refractivity contribution is 6.32. The van der Waals surface area contributed by atoms with Gasteiger partial charge in [-0.3, -0.25) is 14.4 Å². The molecule has 28 heavy (non-hydrogen) atoms. The van der Waals surface area contributed by atoms with Gasteiger partial charge in [0, 0.05) is 5.02 Å². The van der Waals surface area contributed by atoms with Crippen molar-refractivity contribution in [1.29, 1.82) is 0 Å². The molecule has 0 unspecified atom stereocenters. The average molecular weight is 399 g/mol. The van der Waals surface area contributed by atoms with Gasteiger partial charge in [0.15, 0.2) is 6.10 Å². The van der Waals surface area contributed by atoms with Crippen LogP contribution < -0.4 is 9.96 Å². The summed E-state index contributed by atoms with van der Waals surface area (Å²) in [6, 6.07) is 14.7. The van der Waals surface area contributed by atoms with Gasteiger partial charge in [0.1, 0.15) is 0 Å². The van der Waals surface area contributed by atoms with E-state index in [0.717, 1.165) is 12.1 Å². The van der Waals surface area contributed by atoms with Crippen molar-refractivity contribution in [3.63, 3.8) is 0 Å². The van der Waals surface area contributed by atoms with Gasteiger partial charge in [-0.1, -0.05) is 49.7 Å². The molecule has 0 N–H and O–H groups in total. The molecule has 2 aromatic carbocycles. The molecular formula is C22H23ClN2O3. The number of amides is 2.